The number of rotatable bonds is 7. The molecule has 0 saturated heterocycles. The van der Waals surface area contributed by atoms with Crippen molar-refractivity contribution in [2.45, 2.75) is 57.9 Å². The number of amides is 1. The molecular weight excluding hydrogens is 256 g/mol. The van der Waals surface area contributed by atoms with Gasteiger partial charge in [0, 0.05) is 18.5 Å². The summed E-state index contributed by atoms with van der Waals surface area (Å²) in [6, 6.07) is 0. The van der Waals surface area contributed by atoms with Gasteiger partial charge in [0.2, 0.25) is 5.91 Å². The first-order valence-electron chi connectivity index (χ1n) is 7.57. The van der Waals surface area contributed by atoms with Crippen LogP contribution in [0.3, 0.4) is 0 Å². The van der Waals surface area contributed by atoms with Gasteiger partial charge < -0.3 is 15.3 Å². The van der Waals surface area contributed by atoms with E-state index in [1.165, 1.54) is 11.3 Å². The van der Waals surface area contributed by atoms with Gasteiger partial charge in [-0.15, -0.1) is 0 Å². The third kappa shape index (κ3) is 5.12. The smallest absolute Gasteiger partial charge is 0.323 e. The van der Waals surface area contributed by atoms with Crippen molar-refractivity contribution in [3.8, 4) is 0 Å². The quantitative estimate of drug-likeness (QED) is 0.749. The third-order valence-electron chi connectivity index (χ3n) is 4.09. The van der Waals surface area contributed by atoms with E-state index in [1.54, 1.807) is 0 Å². The lowest BCUT2D eigenvalue weighted by Crippen LogP contribution is -2.50. The van der Waals surface area contributed by atoms with Crippen molar-refractivity contribution < 1.29 is 14.7 Å². The summed E-state index contributed by atoms with van der Waals surface area (Å²) in [6.45, 7) is 4.30. The zero-order chi connectivity index (χ0) is 15.2. The van der Waals surface area contributed by atoms with E-state index in [2.05, 4.69) is 5.32 Å². The summed E-state index contributed by atoms with van der Waals surface area (Å²) in [5.74, 6) is -0.714. The summed E-state index contributed by atoms with van der Waals surface area (Å²) in [4.78, 5) is 24.9. The largest absolute Gasteiger partial charge is 0.480 e. The molecule has 5 heteroatoms. The average Bonchev–Trinajstić information content (AvgIpc) is 2.38. The molecule has 0 aliphatic heterocycles. The zero-order valence-corrected chi connectivity index (χ0v) is 12.9. The maximum Gasteiger partial charge on any atom is 0.323 e. The second-order valence-corrected chi connectivity index (χ2v) is 6.33. The SMILES string of the molecule is CNC1(CC(=O)N(CC(=O)O)CC(C)C)CCCCC1. The fraction of sp³-hybridized carbons (Fsp3) is 0.867. The molecule has 1 aliphatic carbocycles. The summed E-state index contributed by atoms with van der Waals surface area (Å²) in [5.41, 5.74) is -0.136. The molecule has 0 aromatic heterocycles. The Morgan fingerprint density at radius 1 is 1.25 bits per heavy atom. The molecular formula is C15H28N2O3. The molecule has 0 aromatic carbocycles. The van der Waals surface area contributed by atoms with Gasteiger partial charge in [-0.3, -0.25) is 9.59 Å². The maximum absolute atomic E-state index is 12.5. The number of nitrogens with zero attached hydrogens (tertiary/aromatic N) is 1. The van der Waals surface area contributed by atoms with Crippen LogP contribution in [0.1, 0.15) is 52.4 Å². The summed E-state index contributed by atoms with van der Waals surface area (Å²) >= 11 is 0. The van der Waals surface area contributed by atoms with Crippen LogP contribution in [0.25, 0.3) is 0 Å². The number of nitrogens with one attached hydrogen (secondary N) is 1. The molecule has 1 saturated carbocycles. The number of hydrogen-bond donors (Lipinski definition) is 2. The number of carboxylic acids is 1. The molecule has 0 radical (unpaired) electrons. The predicted molar refractivity (Wildman–Crippen MR) is 78.5 cm³/mol. The van der Waals surface area contributed by atoms with E-state index in [0.717, 1.165) is 25.7 Å². The van der Waals surface area contributed by atoms with Gasteiger partial charge in [0.15, 0.2) is 0 Å². The normalized spacial score (nSPS) is 18.0. The van der Waals surface area contributed by atoms with Crippen molar-refractivity contribution in [3.63, 3.8) is 0 Å². The minimum atomic E-state index is -0.943. The first kappa shape index (κ1) is 17.0. The third-order valence-corrected chi connectivity index (χ3v) is 4.09. The van der Waals surface area contributed by atoms with E-state index in [0.29, 0.717) is 13.0 Å². The highest BCUT2D eigenvalue weighted by molar-refractivity contribution is 5.82. The van der Waals surface area contributed by atoms with E-state index in [1.807, 2.05) is 20.9 Å². The monoisotopic (exact) mass is 284 g/mol. The molecule has 116 valence electrons. The van der Waals surface area contributed by atoms with E-state index in [-0.39, 0.29) is 23.9 Å². The Morgan fingerprint density at radius 2 is 1.85 bits per heavy atom. The Labute approximate surface area is 121 Å². The molecule has 20 heavy (non-hydrogen) atoms. The molecule has 1 fully saturated rings. The standard InChI is InChI=1S/C15H28N2O3/c1-12(2)10-17(11-14(19)20)13(18)9-15(16-3)7-5-4-6-8-15/h12,16H,4-11H2,1-3H3,(H,19,20). The second kappa shape index (κ2) is 7.62. The Kier molecular flexibility index (Phi) is 6.46. The second-order valence-electron chi connectivity index (χ2n) is 6.33. The molecule has 0 heterocycles. The van der Waals surface area contributed by atoms with E-state index in [9.17, 15) is 9.59 Å². The van der Waals surface area contributed by atoms with Crippen LogP contribution in [0.15, 0.2) is 0 Å². The highest BCUT2D eigenvalue weighted by Gasteiger charge is 2.34. The number of carboxylic acid groups (broad SMARTS) is 1. The van der Waals surface area contributed by atoms with Crippen molar-refractivity contribution in [1.29, 1.82) is 0 Å². The Bertz CT molecular complexity index is 336. The molecule has 0 atom stereocenters. The van der Waals surface area contributed by atoms with Gasteiger partial charge in [-0.2, -0.15) is 0 Å². The molecule has 5 nitrogen and oxygen atoms in total. The van der Waals surface area contributed by atoms with Gasteiger partial charge in [-0.1, -0.05) is 33.1 Å². The highest BCUT2D eigenvalue weighted by Crippen LogP contribution is 2.31. The van der Waals surface area contributed by atoms with E-state index < -0.39 is 5.97 Å². The van der Waals surface area contributed by atoms with Gasteiger partial charge in [0.05, 0.1) is 0 Å². The minimum absolute atomic E-state index is 0.0441. The summed E-state index contributed by atoms with van der Waals surface area (Å²) < 4.78 is 0. The van der Waals surface area contributed by atoms with E-state index in [4.69, 9.17) is 5.11 Å². The number of carbonyl (C=O) groups excluding carboxylic acids is 1. The molecule has 0 bridgehead atoms. The zero-order valence-electron chi connectivity index (χ0n) is 12.9. The van der Waals surface area contributed by atoms with Gasteiger partial charge in [0.25, 0.3) is 0 Å². The van der Waals surface area contributed by atoms with Crippen LogP contribution in [0.2, 0.25) is 0 Å². The van der Waals surface area contributed by atoms with Gasteiger partial charge in [-0.25, -0.2) is 0 Å². The summed E-state index contributed by atoms with van der Waals surface area (Å²) in [5, 5.41) is 12.3. The van der Waals surface area contributed by atoms with Crippen molar-refractivity contribution in [1.82, 2.24) is 10.2 Å². The molecule has 1 amide bonds. The molecule has 2 N–H and O–H groups in total. The predicted octanol–water partition coefficient (Wildman–Crippen LogP) is 1.87. The fourth-order valence-corrected chi connectivity index (χ4v) is 3.00. The maximum atomic E-state index is 12.5. The molecule has 0 aromatic rings. The topological polar surface area (TPSA) is 69.6 Å². The van der Waals surface area contributed by atoms with Crippen molar-refractivity contribution in [3.05, 3.63) is 0 Å². The molecule has 1 rings (SSSR count). The summed E-state index contributed by atoms with van der Waals surface area (Å²) in [6.07, 6.45) is 5.90. The van der Waals surface area contributed by atoms with Crippen LogP contribution in [0.4, 0.5) is 0 Å². The fourth-order valence-electron chi connectivity index (χ4n) is 3.00. The van der Waals surface area contributed by atoms with Gasteiger partial charge in [-0.05, 0) is 25.8 Å². The van der Waals surface area contributed by atoms with Crippen LogP contribution < -0.4 is 5.32 Å². The van der Waals surface area contributed by atoms with Gasteiger partial charge in [0.1, 0.15) is 6.54 Å². The van der Waals surface area contributed by atoms with Crippen molar-refractivity contribution in [2.75, 3.05) is 20.1 Å². The van der Waals surface area contributed by atoms with E-state index >= 15 is 0 Å². The summed E-state index contributed by atoms with van der Waals surface area (Å²) in [7, 11) is 1.91. The molecule has 1 aliphatic rings. The minimum Gasteiger partial charge on any atom is -0.480 e. The Hall–Kier alpha value is -1.10. The van der Waals surface area contributed by atoms with Crippen LogP contribution in [-0.2, 0) is 9.59 Å². The molecule has 0 unspecified atom stereocenters. The van der Waals surface area contributed by atoms with Crippen LogP contribution in [0, 0.1) is 5.92 Å². The first-order chi connectivity index (χ1) is 9.38. The Morgan fingerprint density at radius 3 is 2.30 bits per heavy atom. The lowest BCUT2D eigenvalue weighted by Gasteiger charge is -2.38. The Balaban J connectivity index is 2.69. The van der Waals surface area contributed by atoms with Crippen molar-refractivity contribution >= 4 is 11.9 Å². The van der Waals surface area contributed by atoms with Crippen LogP contribution in [0.5, 0.6) is 0 Å². The average molecular weight is 284 g/mol. The van der Waals surface area contributed by atoms with Crippen molar-refractivity contribution in [2.24, 2.45) is 5.92 Å². The first-order valence-corrected chi connectivity index (χ1v) is 7.57. The van der Waals surface area contributed by atoms with Gasteiger partial charge >= 0.3 is 5.97 Å². The lowest BCUT2D eigenvalue weighted by atomic mass is 9.79. The molecule has 0 spiro atoms. The van der Waals surface area contributed by atoms with Crippen LogP contribution in [-0.4, -0.2) is 47.6 Å². The lowest BCUT2D eigenvalue weighted by molar-refractivity contribution is -0.145. The highest BCUT2D eigenvalue weighted by atomic mass is 16.4. The number of hydrogen-bond acceptors (Lipinski definition) is 3. The van der Waals surface area contributed by atoms with Crippen LogP contribution >= 0.6 is 0 Å². The number of aliphatic carboxylic acids is 1. The number of carbonyl (C=O) groups is 2.